The Labute approximate surface area is 192 Å². The lowest BCUT2D eigenvalue weighted by Gasteiger charge is -2.28. The summed E-state index contributed by atoms with van der Waals surface area (Å²) in [5.74, 6) is -1.16. The van der Waals surface area contributed by atoms with Crippen LogP contribution in [0, 0.1) is 0 Å². The van der Waals surface area contributed by atoms with Gasteiger partial charge < -0.3 is 31.1 Å². The van der Waals surface area contributed by atoms with Crippen LogP contribution < -0.4 is 21.3 Å². The molecule has 0 spiro atoms. The molecule has 1 aromatic carbocycles. The maximum atomic E-state index is 10.6. The molecule has 1 aliphatic heterocycles. The zero-order valence-corrected chi connectivity index (χ0v) is 17.8. The number of ether oxygens (including phenoxy) is 1. The third-order valence-corrected chi connectivity index (χ3v) is 4.47. The van der Waals surface area contributed by atoms with Crippen molar-refractivity contribution in [2.75, 3.05) is 47.6 Å². The van der Waals surface area contributed by atoms with Gasteiger partial charge >= 0.3 is 12.1 Å². The Morgan fingerprint density at radius 1 is 0.971 bits per heavy atom. The third-order valence-electron chi connectivity index (χ3n) is 4.47. The number of hydrogen-bond donors (Lipinski definition) is 4. The van der Waals surface area contributed by atoms with Crippen molar-refractivity contribution in [1.82, 2.24) is 15.0 Å². The van der Waals surface area contributed by atoms with E-state index in [0.717, 1.165) is 43.5 Å². The molecule has 1 fully saturated rings. The molecule has 34 heavy (non-hydrogen) atoms. The van der Waals surface area contributed by atoms with Gasteiger partial charge in [-0.25, -0.2) is 14.8 Å². The van der Waals surface area contributed by atoms with Gasteiger partial charge in [-0.1, -0.05) is 0 Å². The molecule has 1 saturated heterocycles. The van der Waals surface area contributed by atoms with Gasteiger partial charge in [-0.3, -0.25) is 0 Å². The van der Waals surface area contributed by atoms with E-state index in [1.165, 1.54) is 5.69 Å². The number of aromatic nitrogens is 3. The zero-order valence-electron chi connectivity index (χ0n) is 17.8. The van der Waals surface area contributed by atoms with Crippen molar-refractivity contribution in [2.45, 2.75) is 6.18 Å². The first-order valence-electron chi connectivity index (χ1n) is 10.0. The average Bonchev–Trinajstić information content (AvgIpc) is 2.80. The number of carbonyl (C=O) groups is 1. The van der Waals surface area contributed by atoms with Crippen LogP contribution >= 0.6 is 0 Å². The summed E-state index contributed by atoms with van der Waals surface area (Å²) >= 11 is 0. The summed E-state index contributed by atoms with van der Waals surface area (Å²) in [6.45, 7) is 3.41. The van der Waals surface area contributed by atoms with E-state index >= 15 is 0 Å². The minimum Gasteiger partial charge on any atom is -0.475 e. The predicted molar refractivity (Wildman–Crippen MR) is 120 cm³/mol. The van der Waals surface area contributed by atoms with E-state index in [-0.39, 0.29) is 5.95 Å². The monoisotopic (exact) mass is 477 g/mol. The van der Waals surface area contributed by atoms with E-state index in [0.29, 0.717) is 5.82 Å². The van der Waals surface area contributed by atoms with Crippen LogP contribution in [0.5, 0.6) is 0 Å². The number of anilines is 6. The summed E-state index contributed by atoms with van der Waals surface area (Å²) in [5, 5.41) is 13.6. The van der Waals surface area contributed by atoms with Crippen molar-refractivity contribution in [3.63, 3.8) is 0 Å². The number of carboxylic acid groups (broad SMARTS) is 1. The molecule has 0 amide bonds. The molecular formula is C21H22F3N7O3. The van der Waals surface area contributed by atoms with Gasteiger partial charge in [0, 0.05) is 48.6 Å². The van der Waals surface area contributed by atoms with E-state index in [4.69, 9.17) is 20.4 Å². The molecule has 0 radical (unpaired) electrons. The zero-order chi connectivity index (χ0) is 24.6. The van der Waals surface area contributed by atoms with Gasteiger partial charge in [0.1, 0.15) is 11.6 Å². The van der Waals surface area contributed by atoms with Crippen molar-refractivity contribution in [3.05, 3.63) is 54.9 Å². The van der Waals surface area contributed by atoms with Crippen LogP contribution in [0.25, 0.3) is 0 Å². The van der Waals surface area contributed by atoms with Crippen LogP contribution in [0.4, 0.5) is 47.8 Å². The molecule has 0 bridgehead atoms. The highest BCUT2D eigenvalue weighted by molar-refractivity contribution is 5.73. The summed E-state index contributed by atoms with van der Waals surface area (Å²) in [6.07, 6.45) is -1.74. The number of benzene rings is 1. The van der Waals surface area contributed by atoms with Gasteiger partial charge in [-0.05, 0) is 36.4 Å². The molecule has 1 aliphatic rings. The standard InChI is InChI=1S/C19H21N7O.C2HF3O2/c20-19-22-8-6-17(25-19)24-15-5-7-21-18(13-15)23-14-1-3-16(4-2-14)26-9-11-27-12-10-26;3-2(4,5)1(6)7/h1-8,13H,9-12H2,(H4,20,21,22,23,24,25);(H,6,7). The lowest BCUT2D eigenvalue weighted by molar-refractivity contribution is -0.192. The van der Waals surface area contributed by atoms with Crippen LogP contribution in [0.1, 0.15) is 0 Å². The summed E-state index contributed by atoms with van der Waals surface area (Å²) < 4.78 is 37.1. The van der Waals surface area contributed by atoms with Crippen LogP contribution in [0.2, 0.25) is 0 Å². The van der Waals surface area contributed by atoms with Gasteiger partial charge in [0.25, 0.3) is 0 Å². The lowest BCUT2D eigenvalue weighted by atomic mass is 10.2. The van der Waals surface area contributed by atoms with Crippen molar-refractivity contribution in [2.24, 2.45) is 0 Å². The van der Waals surface area contributed by atoms with Crippen LogP contribution in [-0.2, 0) is 9.53 Å². The number of rotatable bonds is 5. The number of morpholine rings is 1. The van der Waals surface area contributed by atoms with Crippen LogP contribution in [-0.4, -0.2) is 58.5 Å². The van der Waals surface area contributed by atoms with Gasteiger partial charge in [0.15, 0.2) is 0 Å². The lowest BCUT2D eigenvalue weighted by Crippen LogP contribution is -2.36. The molecule has 5 N–H and O–H groups in total. The number of halogens is 3. The number of nitrogens with zero attached hydrogens (tertiary/aromatic N) is 4. The Balaban J connectivity index is 0.000000406. The SMILES string of the molecule is Nc1nccc(Nc2ccnc(Nc3ccc(N4CCOCC4)cc3)c2)n1.O=C(O)C(F)(F)F. The largest absolute Gasteiger partial charge is 0.490 e. The molecule has 10 nitrogen and oxygen atoms in total. The Morgan fingerprint density at radius 2 is 1.59 bits per heavy atom. The highest BCUT2D eigenvalue weighted by Crippen LogP contribution is 2.23. The van der Waals surface area contributed by atoms with Gasteiger partial charge in [0.05, 0.1) is 13.2 Å². The second-order valence-corrected chi connectivity index (χ2v) is 6.93. The minimum absolute atomic E-state index is 0.229. The molecule has 0 unspecified atom stereocenters. The van der Waals surface area contributed by atoms with Crippen molar-refractivity contribution in [1.29, 1.82) is 0 Å². The number of nitrogens with one attached hydrogen (secondary N) is 2. The maximum absolute atomic E-state index is 10.6. The number of alkyl halides is 3. The first-order valence-corrected chi connectivity index (χ1v) is 10.0. The quantitative estimate of drug-likeness (QED) is 0.432. The van der Waals surface area contributed by atoms with Crippen molar-refractivity contribution in [3.8, 4) is 0 Å². The summed E-state index contributed by atoms with van der Waals surface area (Å²) in [5.41, 5.74) is 8.65. The fourth-order valence-corrected chi connectivity index (χ4v) is 2.89. The molecule has 3 heterocycles. The molecule has 0 saturated carbocycles. The Bertz CT molecular complexity index is 1090. The first-order chi connectivity index (χ1) is 16.2. The maximum Gasteiger partial charge on any atom is 0.490 e. The fourth-order valence-electron chi connectivity index (χ4n) is 2.89. The number of aliphatic carboxylic acids is 1. The predicted octanol–water partition coefficient (Wildman–Crippen LogP) is 3.41. The van der Waals surface area contributed by atoms with Gasteiger partial charge in [-0.2, -0.15) is 18.2 Å². The normalized spacial score (nSPS) is 13.4. The number of hydrogen-bond acceptors (Lipinski definition) is 9. The molecule has 13 heteroatoms. The molecule has 0 aliphatic carbocycles. The number of nitrogen functional groups attached to an aromatic ring is 1. The van der Waals surface area contributed by atoms with E-state index < -0.39 is 12.1 Å². The number of nitrogens with two attached hydrogens (primary N) is 1. The highest BCUT2D eigenvalue weighted by atomic mass is 19.4. The number of carboxylic acids is 1. The topological polar surface area (TPSA) is 139 Å². The van der Waals surface area contributed by atoms with E-state index in [1.807, 2.05) is 12.1 Å². The minimum atomic E-state index is -5.08. The van der Waals surface area contributed by atoms with Crippen LogP contribution in [0.3, 0.4) is 0 Å². The van der Waals surface area contributed by atoms with E-state index in [9.17, 15) is 13.2 Å². The van der Waals surface area contributed by atoms with Gasteiger partial charge in [0.2, 0.25) is 5.95 Å². The van der Waals surface area contributed by atoms with Gasteiger partial charge in [-0.15, -0.1) is 0 Å². The summed E-state index contributed by atoms with van der Waals surface area (Å²) in [4.78, 5) is 23.6. The van der Waals surface area contributed by atoms with Crippen LogP contribution in [0.15, 0.2) is 54.9 Å². The second-order valence-electron chi connectivity index (χ2n) is 6.93. The molecule has 3 aromatic rings. The summed E-state index contributed by atoms with van der Waals surface area (Å²) in [6, 6.07) is 13.9. The second kappa shape index (κ2) is 11.1. The fraction of sp³-hybridized carbons (Fsp3) is 0.238. The van der Waals surface area contributed by atoms with Crippen molar-refractivity contribution < 1.29 is 27.8 Å². The Morgan fingerprint density at radius 3 is 2.21 bits per heavy atom. The third kappa shape index (κ3) is 7.48. The van der Waals surface area contributed by atoms with E-state index in [2.05, 4.69) is 54.8 Å². The molecule has 4 rings (SSSR count). The average molecular weight is 477 g/mol. The summed E-state index contributed by atoms with van der Waals surface area (Å²) in [7, 11) is 0. The van der Waals surface area contributed by atoms with E-state index in [1.54, 1.807) is 18.5 Å². The molecule has 180 valence electrons. The molecule has 2 aromatic heterocycles. The number of pyridine rings is 1. The molecule has 0 atom stereocenters. The molecular weight excluding hydrogens is 455 g/mol. The smallest absolute Gasteiger partial charge is 0.475 e. The highest BCUT2D eigenvalue weighted by Gasteiger charge is 2.38. The Kier molecular flexibility index (Phi) is 8.03. The van der Waals surface area contributed by atoms with Crippen molar-refractivity contribution >= 4 is 40.6 Å². The first kappa shape index (κ1) is 24.5. The Hall–Kier alpha value is -4.13.